The van der Waals surface area contributed by atoms with Gasteiger partial charge < -0.3 is 15.7 Å². The van der Waals surface area contributed by atoms with E-state index in [2.05, 4.69) is 4.90 Å². The monoisotopic (exact) mass is 548 g/mol. The first-order valence-electron chi connectivity index (χ1n) is 13.5. The van der Waals surface area contributed by atoms with E-state index in [1.165, 1.54) is 22.7 Å². The first-order valence-corrected chi connectivity index (χ1v) is 15.4. The highest BCUT2D eigenvalue weighted by Crippen LogP contribution is 2.34. The molecule has 38 heavy (non-hydrogen) atoms. The Morgan fingerprint density at radius 2 is 1.63 bits per heavy atom. The zero-order valence-electron chi connectivity index (χ0n) is 22.3. The lowest BCUT2D eigenvalue weighted by Gasteiger charge is -2.37. The third kappa shape index (κ3) is 6.62. The molecule has 3 aliphatic rings. The molecule has 0 unspecified atom stereocenters. The second kappa shape index (κ2) is 11.8. The number of likely N-dealkylation sites (tertiary alicyclic amines) is 1. The van der Waals surface area contributed by atoms with Gasteiger partial charge in [0.2, 0.25) is 15.9 Å². The number of rotatable bonds is 8. The van der Waals surface area contributed by atoms with Gasteiger partial charge in [-0.1, -0.05) is 12.1 Å². The number of carboxylic acid groups (broad SMARTS) is 1. The van der Waals surface area contributed by atoms with Gasteiger partial charge in [0.1, 0.15) is 0 Å². The molecule has 0 aromatic heterocycles. The first kappa shape index (κ1) is 28.7. The Bertz CT molecular complexity index is 1120. The van der Waals surface area contributed by atoms with Gasteiger partial charge in [0.15, 0.2) is 5.78 Å². The van der Waals surface area contributed by atoms with E-state index in [1.54, 1.807) is 17.0 Å². The molecule has 10 nitrogen and oxygen atoms in total. The molecule has 1 aromatic rings. The van der Waals surface area contributed by atoms with Crippen molar-refractivity contribution in [3.05, 3.63) is 35.4 Å². The van der Waals surface area contributed by atoms with Crippen molar-refractivity contribution in [2.45, 2.75) is 63.6 Å². The standard InChI is InChI=1S/C27H40N4O6S/c1-18(28)20-7-9-21(10-8-20)26(33)31-17-23(29-11-13-30(14-12-29)38(2,36)37)16-24(31)25(32)15-19-3-5-22(6-4-19)27(34)35/h3-6,18,20-21,23-24H,7-17,28H2,1-2H3,(H,34,35)/t18-,20?,21?,23-,24-/m0/s1. The Morgan fingerprint density at radius 3 is 2.16 bits per heavy atom. The van der Waals surface area contributed by atoms with Crippen LogP contribution in [0.3, 0.4) is 0 Å². The topological polar surface area (TPSA) is 141 Å². The van der Waals surface area contributed by atoms with E-state index >= 15 is 0 Å². The number of sulfonamides is 1. The highest BCUT2D eigenvalue weighted by molar-refractivity contribution is 7.88. The lowest BCUT2D eigenvalue weighted by atomic mass is 9.78. The molecule has 3 fully saturated rings. The summed E-state index contributed by atoms with van der Waals surface area (Å²) in [4.78, 5) is 42.5. The van der Waals surface area contributed by atoms with Crippen LogP contribution >= 0.6 is 0 Å². The van der Waals surface area contributed by atoms with Crippen molar-refractivity contribution in [1.82, 2.24) is 14.1 Å². The highest BCUT2D eigenvalue weighted by atomic mass is 32.2. The van der Waals surface area contributed by atoms with Crippen LogP contribution in [-0.2, 0) is 26.0 Å². The minimum Gasteiger partial charge on any atom is -0.478 e. The van der Waals surface area contributed by atoms with E-state index < -0.39 is 22.0 Å². The van der Waals surface area contributed by atoms with Gasteiger partial charge in [-0.2, -0.15) is 4.31 Å². The van der Waals surface area contributed by atoms with Crippen LogP contribution in [0.1, 0.15) is 54.9 Å². The number of carboxylic acids is 1. The molecule has 2 aliphatic heterocycles. The third-order valence-corrected chi connectivity index (χ3v) is 9.94. The number of hydrogen-bond acceptors (Lipinski definition) is 7. The van der Waals surface area contributed by atoms with Crippen molar-refractivity contribution >= 4 is 27.7 Å². The predicted molar refractivity (Wildman–Crippen MR) is 143 cm³/mol. The van der Waals surface area contributed by atoms with Crippen molar-refractivity contribution in [3.63, 3.8) is 0 Å². The fraction of sp³-hybridized carbons (Fsp3) is 0.667. The molecule has 2 heterocycles. The Morgan fingerprint density at radius 1 is 1.03 bits per heavy atom. The molecule has 1 saturated carbocycles. The minimum absolute atomic E-state index is 0.00982. The van der Waals surface area contributed by atoms with Gasteiger partial charge in [-0.15, -0.1) is 0 Å². The number of hydrogen-bond donors (Lipinski definition) is 2. The number of amides is 1. The van der Waals surface area contributed by atoms with Gasteiger partial charge in [0.25, 0.3) is 0 Å². The smallest absolute Gasteiger partial charge is 0.335 e. The molecule has 0 radical (unpaired) electrons. The summed E-state index contributed by atoms with van der Waals surface area (Å²) in [6.07, 6.45) is 5.23. The number of carbonyl (C=O) groups excluding carboxylic acids is 2. The lowest BCUT2D eigenvalue weighted by Crippen LogP contribution is -2.52. The molecule has 1 aromatic carbocycles. The SMILES string of the molecule is C[C@H](N)C1CCC(C(=O)N2C[C@@H](N3CCN(S(C)(=O)=O)CC3)C[C@H]2C(=O)Cc2ccc(C(=O)O)cc2)CC1. The van der Waals surface area contributed by atoms with Crippen LogP contribution in [0.4, 0.5) is 0 Å². The van der Waals surface area contributed by atoms with Gasteiger partial charge in [0.05, 0.1) is 17.9 Å². The average Bonchev–Trinajstić information content (AvgIpc) is 3.34. The predicted octanol–water partition coefficient (Wildman–Crippen LogP) is 1.20. The molecule has 210 valence electrons. The van der Waals surface area contributed by atoms with E-state index in [9.17, 15) is 22.8 Å². The summed E-state index contributed by atoms with van der Waals surface area (Å²) in [5, 5.41) is 9.15. The van der Waals surface area contributed by atoms with Crippen LogP contribution in [0.2, 0.25) is 0 Å². The first-order chi connectivity index (χ1) is 17.9. The number of ketones is 1. The summed E-state index contributed by atoms with van der Waals surface area (Å²) in [6, 6.07) is 5.83. The van der Waals surface area contributed by atoms with Crippen LogP contribution in [0.15, 0.2) is 24.3 Å². The van der Waals surface area contributed by atoms with Gasteiger partial charge in [-0.05, 0) is 62.6 Å². The molecule has 0 bridgehead atoms. The summed E-state index contributed by atoms with van der Waals surface area (Å²) in [5.74, 6) is -0.736. The largest absolute Gasteiger partial charge is 0.478 e. The molecule has 1 amide bonds. The third-order valence-electron chi connectivity index (χ3n) is 8.64. The molecule has 0 spiro atoms. The van der Waals surface area contributed by atoms with E-state index in [0.717, 1.165) is 31.2 Å². The average molecular weight is 549 g/mol. The Balaban J connectivity index is 1.47. The Kier molecular flexibility index (Phi) is 8.91. The van der Waals surface area contributed by atoms with Crippen LogP contribution in [-0.4, -0.2) is 102 Å². The number of nitrogens with zero attached hydrogens (tertiary/aromatic N) is 3. The van der Waals surface area contributed by atoms with Gasteiger partial charge >= 0.3 is 5.97 Å². The summed E-state index contributed by atoms with van der Waals surface area (Å²) < 4.78 is 25.4. The zero-order valence-corrected chi connectivity index (χ0v) is 23.1. The second-order valence-corrected chi connectivity index (χ2v) is 13.2. The summed E-state index contributed by atoms with van der Waals surface area (Å²) in [7, 11) is -3.25. The van der Waals surface area contributed by atoms with Gasteiger partial charge in [-0.3, -0.25) is 14.5 Å². The summed E-state index contributed by atoms with van der Waals surface area (Å²) in [5.41, 5.74) is 6.97. The molecular weight excluding hydrogens is 508 g/mol. The van der Waals surface area contributed by atoms with Crippen molar-refractivity contribution in [2.75, 3.05) is 39.0 Å². The number of Topliss-reactive ketones (excluding diaryl/α,β-unsaturated/α-hetero) is 1. The number of nitrogens with two attached hydrogens (primary N) is 1. The molecule has 3 atom stereocenters. The molecule has 4 rings (SSSR count). The van der Waals surface area contributed by atoms with Crippen molar-refractivity contribution in [3.8, 4) is 0 Å². The summed E-state index contributed by atoms with van der Waals surface area (Å²) >= 11 is 0. The van der Waals surface area contributed by atoms with Crippen LogP contribution in [0, 0.1) is 11.8 Å². The van der Waals surface area contributed by atoms with Crippen LogP contribution in [0.25, 0.3) is 0 Å². The van der Waals surface area contributed by atoms with E-state index in [1.807, 2.05) is 6.92 Å². The maximum absolute atomic E-state index is 13.7. The van der Waals surface area contributed by atoms with E-state index in [0.29, 0.717) is 45.1 Å². The molecule has 3 N–H and O–H groups in total. The molecule has 1 aliphatic carbocycles. The number of piperazine rings is 1. The maximum Gasteiger partial charge on any atom is 0.335 e. The quantitative estimate of drug-likeness (QED) is 0.494. The summed E-state index contributed by atoms with van der Waals surface area (Å²) in [6.45, 7) is 4.41. The van der Waals surface area contributed by atoms with Crippen molar-refractivity contribution in [1.29, 1.82) is 0 Å². The molecular formula is C27H40N4O6S. The second-order valence-electron chi connectivity index (χ2n) is 11.2. The number of aromatic carboxylic acids is 1. The van der Waals surface area contributed by atoms with Crippen LogP contribution in [0.5, 0.6) is 0 Å². The number of benzene rings is 1. The molecule has 11 heteroatoms. The lowest BCUT2D eigenvalue weighted by molar-refractivity contribution is -0.142. The maximum atomic E-state index is 13.7. The Hall–Kier alpha value is -2.34. The molecule has 2 saturated heterocycles. The van der Waals surface area contributed by atoms with E-state index in [4.69, 9.17) is 10.8 Å². The normalized spacial score (nSPS) is 28.2. The fourth-order valence-electron chi connectivity index (χ4n) is 6.24. The van der Waals surface area contributed by atoms with E-state index in [-0.39, 0.29) is 41.7 Å². The Labute approximate surface area is 225 Å². The highest BCUT2D eigenvalue weighted by Gasteiger charge is 2.44. The van der Waals surface area contributed by atoms with Crippen LogP contribution < -0.4 is 5.73 Å². The number of carbonyl (C=O) groups is 3. The van der Waals surface area contributed by atoms with Gasteiger partial charge in [-0.25, -0.2) is 13.2 Å². The minimum atomic E-state index is -3.25. The van der Waals surface area contributed by atoms with Gasteiger partial charge in [0, 0.05) is 57.1 Å². The van der Waals surface area contributed by atoms with Crippen molar-refractivity contribution in [2.24, 2.45) is 17.6 Å². The zero-order chi connectivity index (χ0) is 27.6. The fourth-order valence-corrected chi connectivity index (χ4v) is 7.06. The van der Waals surface area contributed by atoms with Crippen molar-refractivity contribution < 1.29 is 27.9 Å².